The highest BCUT2D eigenvalue weighted by Crippen LogP contribution is 2.26. The van der Waals surface area contributed by atoms with Crippen molar-refractivity contribution >= 4 is 28.4 Å². The lowest BCUT2D eigenvalue weighted by atomic mass is 9.99. The van der Waals surface area contributed by atoms with Gasteiger partial charge in [0.15, 0.2) is 0 Å². The third kappa shape index (κ3) is 9.61. The first-order valence-electron chi connectivity index (χ1n) is 16.5. The van der Waals surface area contributed by atoms with E-state index in [1.165, 1.54) is 5.69 Å². The van der Waals surface area contributed by atoms with Gasteiger partial charge in [0.2, 0.25) is 0 Å². The topological polar surface area (TPSA) is 126 Å². The standard InChI is InChI=1S/C36H50N6O4/c1-7-15-41(16-8-2)30-12-11-27-19-26(9-10-28(27)21-30)20-29(23-37)34(44)38-35(3,4)14-18-46-36(5,6)33-25-42(40-39-33)24-32-22-31(43)13-17-45-32/h9-12,19-21,25,31-32,43H,7-8,13-18,22,24H2,1-6H3,(H,38,44)/b29-20+. The van der Waals surface area contributed by atoms with Gasteiger partial charge in [0.05, 0.1) is 31.6 Å². The molecule has 2 atom stereocenters. The predicted molar refractivity (Wildman–Crippen MR) is 181 cm³/mol. The normalized spacial score (nSPS) is 17.6. The molecule has 10 nitrogen and oxygen atoms in total. The molecule has 46 heavy (non-hydrogen) atoms. The van der Waals surface area contributed by atoms with Crippen LogP contribution >= 0.6 is 0 Å². The molecule has 2 unspecified atom stereocenters. The Kier molecular flexibility index (Phi) is 12.0. The number of benzene rings is 2. The number of amides is 1. The molecule has 2 aromatic carbocycles. The highest BCUT2D eigenvalue weighted by Gasteiger charge is 2.29. The fourth-order valence-electron chi connectivity index (χ4n) is 5.70. The fraction of sp³-hybridized carbons (Fsp3) is 0.556. The van der Waals surface area contributed by atoms with Crippen LogP contribution in [0.4, 0.5) is 5.69 Å². The van der Waals surface area contributed by atoms with Crippen LogP contribution in [0.3, 0.4) is 0 Å². The van der Waals surface area contributed by atoms with Crippen molar-refractivity contribution in [3.8, 4) is 6.07 Å². The van der Waals surface area contributed by atoms with Gasteiger partial charge in [-0.25, -0.2) is 4.68 Å². The van der Waals surface area contributed by atoms with Crippen LogP contribution < -0.4 is 10.2 Å². The maximum Gasteiger partial charge on any atom is 0.262 e. The van der Waals surface area contributed by atoms with E-state index in [1.807, 2.05) is 52.1 Å². The summed E-state index contributed by atoms with van der Waals surface area (Å²) in [5.41, 5.74) is 1.42. The van der Waals surface area contributed by atoms with E-state index in [-0.39, 0.29) is 17.8 Å². The monoisotopic (exact) mass is 630 g/mol. The van der Waals surface area contributed by atoms with Crippen LogP contribution in [0, 0.1) is 11.3 Å². The summed E-state index contributed by atoms with van der Waals surface area (Å²) in [5.74, 6) is -0.421. The smallest absolute Gasteiger partial charge is 0.262 e. The molecule has 1 aromatic heterocycles. The minimum absolute atomic E-state index is 0.0495. The van der Waals surface area contributed by atoms with Gasteiger partial charge in [-0.15, -0.1) is 5.10 Å². The summed E-state index contributed by atoms with van der Waals surface area (Å²) in [6, 6.07) is 14.5. The summed E-state index contributed by atoms with van der Waals surface area (Å²) < 4.78 is 13.7. The summed E-state index contributed by atoms with van der Waals surface area (Å²) in [5, 5.41) is 33.5. The molecule has 3 aromatic rings. The first-order valence-corrected chi connectivity index (χ1v) is 16.5. The second-order valence-electron chi connectivity index (χ2n) is 13.4. The summed E-state index contributed by atoms with van der Waals surface area (Å²) in [6.07, 6.45) is 7.00. The van der Waals surface area contributed by atoms with Crippen LogP contribution in [0.25, 0.3) is 16.8 Å². The second kappa shape index (κ2) is 15.7. The number of hydrogen-bond donors (Lipinski definition) is 2. The number of hydrogen-bond acceptors (Lipinski definition) is 8. The maximum absolute atomic E-state index is 13.2. The molecule has 248 valence electrons. The second-order valence-corrected chi connectivity index (χ2v) is 13.4. The molecule has 2 heterocycles. The number of carbonyl (C=O) groups excluding carboxylic acids is 1. The number of nitriles is 1. The van der Waals surface area contributed by atoms with E-state index >= 15 is 0 Å². The first kappa shape index (κ1) is 35.1. The predicted octanol–water partition coefficient (Wildman–Crippen LogP) is 5.74. The molecule has 1 fully saturated rings. The third-order valence-corrected chi connectivity index (χ3v) is 8.40. The molecule has 1 aliphatic rings. The van der Waals surface area contributed by atoms with Crippen molar-refractivity contribution in [1.82, 2.24) is 20.3 Å². The molecule has 0 spiro atoms. The Balaban J connectivity index is 1.33. The van der Waals surface area contributed by atoms with Crippen molar-refractivity contribution in [1.29, 1.82) is 5.26 Å². The number of nitrogens with zero attached hydrogens (tertiary/aromatic N) is 5. The number of nitrogens with one attached hydrogen (secondary N) is 1. The molecule has 10 heteroatoms. The number of aliphatic hydroxyl groups excluding tert-OH is 1. The zero-order valence-corrected chi connectivity index (χ0v) is 28.3. The molecule has 0 radical (unpaired) electrons. The van der Waals surface area contributed by atoms with Crippen LogP contribution in [-0.4, -0.2) is 70.1 Å². The average Bonchev–Trinajstić information content (AvgIpc) is 3.48. The van der Waals surface area contributed by atoms with Gasteiger partial charge >= 0.3 is 0 Å². The largest absolute Gasteiger partial charge is 0.393 e. The number of rotatable bonds is 15. The molecule has 1 amide bonds. The van der Waals surface area contributed by atoms with E-state index in [1.54, 1.807) is 10.8 Å². The Hall–Kier alpha value is -3.78. The Morgan fingerprint density at radius 2 is 1.89 bits per heavy atom. The van der Waals surface area contributed by atoms with Crippen molar-refractivity contribution < 1.29 is 19.4 Å². The van der Waals surface area contributed by atoms with Crippen molar-refractivity contribution in [2.24, 2.45) is 0 Å². The minimum atomic E-state index is -0.704. The van der Waals surface area contributed by atoms with Crippen LogP contribution in [0.1, 0.15) is 84.9 Å². The zero-order chi connectivity index (χ0) is 33.3. The summed E-state index contributed by atoms with van der Waals surface area (Å²) in [4.78, 5) is 15.6. The van der Waals surface area contributed by atoms with Crippen molar-refractivity contribution in [3.63, 3.8) is 0 Å². The van der Waals surface area contributed by atoms with Gasteiger partial charge in [-0.1, -0.05) is 37.3 Å². The highest BCUT2D eigenvalue weighted by molar-refractivity contribution is 6.02. The molecular formula is C36H50N6O4. The van der Waals surface area contributed by atoms with Gasteiger partial charge < -0.3 is 24.8 Å². The lowest BCUT2D eigenvalue weighted by Crippen LogP contribution is -2.45. The fourth-order valence-corrected chi connectivity index (χ4v) is 5.70. The number of fused-ring (bicyclic) bond motifs is 1. The number of anilines is 1. The van der Waals surface area contributed by atoms with Gasteiger partial charge in [-0.2, -0.15) is 5.26 Å². The van der Waals surface area contributed by atoms with Crippen molar-refractivity contribution in [2.75, 3.05) is 31.2 Å². The molecular weight excluding hydrogens is 580 g/mol. The average molecular weight is 631 g/mol. The minimum Gasteiger partial charge on any atom is -0.393 e. The van der Waals surface area contributed by atoms with Gasteiger partial charge in [0.25, 0.3) is 5.91 Å². The van der Waals surface area contributed by atoms with E-state index < -0.39 is 17.0 Å². The van der Waals surface area contributed by atoms with E-state index in [2.05, 4.69) is 58.6 Å². The van der Waals surface area contributed by atoms with E-state index in [4.69, 9.17) is 9.47 Å². The summed E-state index contributed by atoms with van der Waals surface area (Å²) in [6.45, 7) is 15.5. The SMILES string of the molecule is CCCN(CCC)c1ccc2cc(/C=C(\C#N)C(=O)NC(C)(C)CCOC(C)(C)c3cn(CC4CC(O)CCO4)nn3)ccc2c1. The lowest BCUT2D eigenvalue weighted by molar-refractivity contribution is -0.119. The number of ether oxygens (including phenoxy) is 2. The Morgan fingerprint density at radius 1 is 1.17 bits per heavy atom. The molecule has 4 rings (SSSR count). The molecule has 1 saturated heterocycles. The van der Waals surface area contributed by atoms with Crippen LogP contribution in [-0.2, 0) is 26.4 Å². The molecule has 0 aliphatic carbocycles. The van der Waals surface area contributed by atoms with Gasteiger partial charge in [-0.3, -0.25) is 4.79 Å². The van der Waals surface area contributed by atoms with Crippen LogP contribution in [0.5, 0.6) is 0 Å². The van der Waals surface area contributed by atoms with E-state index in [9.17, 15) is 15.2 Å². The number of carbonyl (C=O) groups is 1. The quantitative estimate of drug-likeness (QED) is 0.161. The van der Waals surface area contributed by atoms with Crippen molar-refractivity contribution in [3.05, 3.63) is 59.4 Å². The van der Waals surface area contributed by atoms with Gasteiger partial charge in [-0.05, 0) is 94.0 Å². The Morgan fingerprint density at radius 3 is 2.59 bits per heavy atom. The summed E-state index contributed by atoms with van der Waals surface area (Å²) >= 11 is 0. The van der Waals surface area contributed by atoms with Crippen LogP contribution in [0.15, 0.2) is 48.2 Å². The third-order valence-electron chi connectivity index (χ3n) is 8.40. The van der Waals surface area contributed by atoms with Crippen LogP contribution in [0.2, 0.25) is 0 Å². The van der Waals surface area contributed by atoms with Gasteiger partial charge in [0.1, 0.15) is 22.9 Å². The number of aliphatic hydroxyl groups is 1. The van der Waals surface area contributed by atoms with Crippen molar-refractivity contribution in [2.45, 2.75) is 104 Å². The van der Waals surface area contributed by atoms with E-state index in [0.29, 0.717) is 44.7 Å². The summed E-state index contributed by atoms with van der Waals surface area (Å²) in [7, 11) is 0. The molecule has 1 aliphatic heterocycles. The Bertz CT molecular complexity index is 1530. The first-order chi connectivity index (χ1) is 21.9. The lowest BCUT2D eigenvalue weighted by Gasteiger charge is -2.29. The maximum atomic E-state index is 13.2. The molecule has 0 saturated carbocycles. The molecule has 2 N–H and O–H groups in total. The van der Waals surface area contributed by atoms with E-state index in [0.717, 1.165) is 42.3 Å². The molecule has 0 bridgehead atoms. The zero-order valence-electron chi connectivity index (χ0n) is 28.3. The van der Waals surface area contributed by atoms with Gasteiger partial charge in [0, 0.05) is 37.3 Å². The number of aromatic nitrogens is 3. The Labute approximate surface area is 273 Å². The highest BCUT2D eigenvalue weighted by atomic mass is 16.5.